The van der Waals surface area contributed by atoms with Crippen LogP contribution in [0.5, 0.6) is 0 Å². The highest BCUT2D eigenvalue weighted by molar-refractivity contribution is 6.37. The highest BCUT2D eigenvalue weighted by atomic mass is 16.5. The lowest BCUT2D eigenvalue weighted by Crippen LogP contribution is -2.61. The normalized spacial score (nSPS) is 18.0. The second-order valence-electron chi connectivity index (χ2n) is 11.5. The quantitative estimate of drug-likeness (QED) is 0.171. The molecule has 0 spiro atoms. The first-order valence-electron chi connectivity index (χ1n) is 12.7. The summed E-state index contributed by atoms with van der Waals surface area (Å²) in [5.74, 6) is -3.77. The van der Waals surface area contributed by atoms with E-state index in [4.69, 9.17) is 10.5 Å². The molecule has 0 aromatic heterocycles. The van der Waals surface area contributed by atoms with E-state index in [1.165, 1.54) is 11.0 Å². The first kappa shape index (κ1) is 32.6. The van der Waals surface area contributed by atoms with Gasteiger partial charge in [0.25, 0.3) is 5.91 Å². The van der Waals surface area contributed by atoms with Gasteiger partial charge < -0.3 is 31.3 Å². The number of urea groups is 1. The summed E-state index contributed by atoms with van der Waals surface area (Å²) in [4.78, 5) is 76.9. The number of hydrogen-bond donors (Lipinski definition) is 4. The Hall–Kier alpha value is -3.44. The Bertz CT molecular complexity index is 935. The number of rotatable bonds is 11. The van der Waals surface area contributed by atoms with Gasteiger partial charge in [0.2, 0.25) is 17.6 Å². The number of carbonyl (C=O) groups is 6. The fourth-order valence-electron chi connectivity index (χ4n) is 4.07. The Labute approximate surface area is 224 Å². The van der Waals surface area contributed by atoms with E-state index in [1.807, 2.05) is 0 Å². The van der Waals surface area contributed by atoms with Gasteiger partial charge in [-0.3, -0.25) is 19.2 Å². The molecule has 1 aliphatic heterocycles. The monoisotopic (exact) mass is 537 g/mol. The van der Waals surface area contributed by atoms with Gasteiger partial charge in [-0.25, -0.2) is 9.59 Å². The molecular formula is C26H43N5O7. The van der Waals surface area contributed by atoms with Crippen molar-refractivity contribution in [2.75, 3.05) is 13.2 Å². The van der Waals surface area contributed by atoms with Crippen LogP contribution in [0, 0.1) is 10.8 Å². The highest BCUT2D eigenvalue weighted by Gasteiger charge is 2.43. The summed E-state index contributed by atoms with van der Waals surface area (Å²) >= 11 is 0. The molecule has 4 atom stereocenters. The maximum atomic E-state index is 13.7. The second-order valence-corrected chi connectivity index (χ2v) is 11.5. The smallest absolute Gasteiger partial charge is 0.329 e. The highest BCUT2D eigenvalue weighted by Crippen LogP contribution is 2.26. The van der Waals surface area contributed by atoms with E-state index in [0.717, 1.165) is 0 Å². The molecule has 3 unspecified atom stereocenters. The Morgan fingerprint density at radius 3 is 2.03 bits per heavy atom. The topological polar surface area (TPSA) is 177 Å². The summed E-state index contributed by atoms with van der Waals surface area (Å²) in [7, 11) is 0. The van der Waals surface area contributed by atoms with E-state index < -0.39 is 70.5 Å². The molecule has 5 amide bonds. The van der Waals surface area contributed by atoms with Crippen LogP contribution in [-0.4, -0.2) is 77.7 Å². The van der Waals surface area contributed by atoms with Crippen molar-refractivity contribution in [2.24, 2.45) is 16.6 Å². The molecule has 0 aromatic carbocycles. The Balaban J connectivity index is 3.09. The van der Waals surface area contributed by atoms with Gasteiger partial charge >= 0.3 is 12.0 Å². The molecule has 0 saturated carbocycles. The summed E-state index contributed by atoms with van der Waals surface area (Å²) < 4.78 is 5.12. The number of ether oxygens (including phenoxy) is 1. The van der Waals surface area contributed by atoms with Gasteiger partial charge in [-0.15, -0.1) is 0 Å². The van der Waals surface area contributed by atoms with Crippen molar-refractivity contribution < 1.29 is 33.5 Å². The van der Waals surface area contributed by atoms with Gasteiger partial charge in [0.05, 0.1) is 6.04 Å². The molecule has 1 heterocycles. The van der Waals surface area contributed by atoms with Crippen LogP contribution in [0.3, 0.4) is 0 Å². The van der Waals surface area contributed by atoms with E-state index in [9.17, 15) is 28.8 Å². The minimum Gasteiger partial charge on any atom is -0.460 e. The molecule has 0 radical (unpaired) electrons. The molecule has 12 heteroatoms. The van der Waals surface area contributed by atoms with Crippen LogP contribution in [0.25, 0.3) is 0 Å². The summed E-state index contributed by atoms with van der Waals surface area (Å²) in [6.45, 7) is 16.0. The van der Waals surface area contributed by atoms with Gasteiger partial charge in [0.1, 0.15) is 24.7 Å². The molecule has 1 fully saturated rings. The Morgan fingerprint density at radius 1 is 1.00 bits per heavy atom. The van der Waals surface area contributed by atoms with Crippen molar-refractivity contribution in [1.29, 1.82) is 0 Å². The minimum atomic E-state index is -1.15. The van der Waals surface area contributed by atoms with Crippen molar-refractivity contribution in [1.82, 2.24) is 20.9 Å². The molecule has 5 N–H and O–H groups in total. The molecule has 214 valence electrons. The number of likely N-dealkylation sites (tertiary alicyclic amines) is 1. The van der Waals surface area contributed by atoms with Gasteiger partial charge in [-0.05, 0) is 30.1 Å². The summed E-state index contributed by atoms with van der Waals surface area (Å²) in [6, 6.07) is -4.77. The predicted octanol–water partition coefficient (Wildman–Crippen LogP) is 0.784. The van der Waals surface area contributed by atoms with Crippen LogP contribution in [0.15, 0.2) is 12.7 Å². The molecule has 1 saturated heterocycles. The van der Waals surface area contributed by atoms with Crippen molar-refractivity contribution >= 4 is 35.5 Å². The average Bonchev–Trinajstić information content (AvgIpc) is 3.30. The van der Waals surface area contributed by atoms with E-state index in [2.05, 4.69) is 22.5 Å². The fraction of sp³-hybridized carbons (Fsp3) is 0.692. The van der Waals surface area contributed by atoms with Crippen LogP contribution < -0.4 is 21.7 Å². The zero-order valence-corrected chi connectivity index (χ0v) is 23.5. The van der Waals surface area contributed by atoms with Crippen molar-refractivity contribution in [3.63, 3.8) is 0 Å². The number of nitrogens with two attached hydrogens (primary N) is 1. The van der Waals surface area contributed by atoms with Gasteiger partial charge in [-0.1, -0.05) is 61.1 Å². The van der Waals surface area contributed by atoms with Crippen LogP contribution in [-0.2, 0) is 28.7 Å². The van der Waals surface area contributed by atoms with E-state index in [0.29, 0.717) is 12.8 Å². The fourth-order valence-corrected chi connectivity index (χ4v) is 4.07. The van der Waals surface area contributed by atoms with E-state index in [-0.39, 0.29) is 19.6 Å². The van der Waals surface area contributed by atoms with Crippen LogP contribution >= 0.6 is 0 Å². The van der Waals surface area contributed by atoms with Crippen molar-refractivity contribution in [2.45, 2.75) is 91.9 Å². The van der Waals surface area contributed by atoms with Gasteiger partial charge in [-0.2, -0.15) is 0 Å². The van der Waals surface area contributed by atoms with E-state index >= 15 is 0 Å². The lowest BCUT2D eigenvalue weighted by atomic mass is 9.85. The minimum absolute atomic E-state index is 0.0137. The molecule has 1 rings (SSSR count). The number of hydrogen-bond acceptors (Lipinski definition) is 7. The standard InChI is InChI=1S/C26H43N5O7/c1-9-14-38-23(36)19(26(6,7)8)30-24(37)29-18(25(3,4)5)22(35)31-13-11-12-16(31)21(34)28-15(10-2)17(32)20(27)33/h9,15-16,18-19H,1,10-14H2,2-8H3,(H2,27,33)(H,28,34)(H2,29,30,37)/t15?,16-,18?,19?/m0/s1. The number of nitrogens with zero attached hydrogens (tertiary/aromatic N) is 1. The summed E-state index contributed by atoms with van der Waals surface area (Å²) in [5.41, 5.74) is 3.63. The maximum Gasteiger partial charge on any atom is 0.329 e. The van der Waals surface area contributed by atoms with Gasteiger partial charge in [0, 0.05) is 6.54 Å². The SMILES string of the molecule is C=CCOC(=O)C(NC(=O)NC(C(=O)N1CCC[C@H]1C(=O)NC(CC)C(=O)C(N)=O)C(C)(C)C)C(C)(C)C. The number of esters is 1. The third-order valence-corrected chi connectivity index (χ3v) is 6.23. The predicted molar refractivity (Wildman–Crippen MR) is 140 cm³/mol. The molecule has 0 bridgehead atoms. The first-order valence-corrected chi connectivity index (χ1v) is 12.7. The van der Waals surface area contributed by atoms with Gasteiger partial charge in [0.15, 0.2) is 0 Å². The number of primary amides is 1. The molecular weight excluding hydrogens is 494 g/mol. The van der Waals surface area contributed by atoms with Crippen LogP contribution in [0.1, 0.15) is 67.7 Å². The third-order valence-electron chi connectivity index (χ3n) is 6.23. The third kappa shape index (κ3) is 8.84. The summed E-state index contributed by atoms with van der Waals surface area (Å²) in [6.07, 6.45) is 2.46. The lowest BCUT2D eigenvalue weighted by molar-refractivity contribution is -0.147. The van der Waals surface area contributed by atoms with Crippen LogP contribution in [0.4, 0.5) is 4.79 Å². The number of amides is 5. The van der Waals surface area contributed by atoms with Crippen LogP contribution in [0.2, 0.25) is 0 Å². The molecule has 38 heavy (non-hydrogen) atoms. The number of nitrogens with one attached hydrogen (secondary N) is 3. The number of Topliss-reactive ketones (excluding diaryl/α,β-unsaturated/α-hetero) is 1. The Kier molecular flexibility index (Phi) is 11.5. The molecule has 12 nitrogen and oxygen atoms in total. The average molecular weight is 538 g/mol. The number of ketones is 1. The maximum absolute atomic E-state index is 13.7. The molecule has 0 aliphatic carbocycles. The molecule has 0 aromatic rings. The van der Waals surface area contributed by atoms with E-state index in [1.54, 1.807) is 48.5 Å². The zero-order chi connectivity index (χ0) is 29.4. The largest absolute Gasteiger partial charge is 0.460 e. The Morgan fingerprint density at radius 2 is 1.55 bits per heavy atom. The molecule has 1 aliphatic rings. The van der Waals surface area contributed by atoms with Crippen molar-refractivity contribution in [3.8, 4) is 0 Å². The zero-order valence-electron chi connectivity index (χ0n) is 23.5. The second kappa shape index (κ2) is 13.4. The lowest BCUT2D eigenvalue weighted by Gasteiger charge is -2.36. The first-order chi connectivity index (χ1) is 17.4. The van der Waals surface area contributed by atoms with Crippen molar-refractivity contribution in [3.05, 3.63) is 12.7 Å². The summed E-state index contributed by atoms with van der Waals surface area (Å²) in [5, 5.41) is 7.81. The number of carbonyl (C=O) groups excluding carboxylic acids is 6.